The maximum atomic E-state index is 12.2. The van der Waals surface area contributed by atoms with Crippen LogP contribution in [0.4, 0.5) is 5.69 Å². The number of nitrogens with one attached hydrogen (secondary N) is 2. The first kappa shape index (κ1) is 13.9. The van der Waals surface area contributed by atoms with Crippen molar-refractivity contribution < 1.29 is 4.79 Å². The number of carbonyl (C=O) groups is 1. The first-order valence-corrected chi connectivity index (χ1v) is 6.94. The molecular formula is C13H23N5O. The lowest BCUT2D eigenvalue weighted by atomic mass is 10.1. The van der Waals surface area contributed by atoms with Crippen molar-refractivity contribution in [2.24, 2.45) is 0 Å². The molecule has 106 valence electrons. The number of hydrogen-bond acceptors (Lipinski definition) is 4. The highest BCUT2D eigenvalue weighted by molar-refractivity contribution is 5.97. The molecule has 1 saturated heterocycles. The Hall–Kier alpha value is -1.56. The van der Waals surface area contributed by atoms with Crippen LogP contribution in [-0.4, -0.2) is 47.2 Å². The molecule has 1 aliphatic heterocycles. The number of likely N-dealkylation sites (N-methyl/N-ethyl adjacent to an activating group) is 1. The summed E-state index contributed by atoms with van der Waals surface area (Å²) in [6, 6.07) is 0.192. The number of hydrogen-bond donors (Lipinski definition) is 3. The molecule has 6 heteroatoms. The van der Waals surface area contributed by atoms with Gasteiger partial charge in [-0.1, -0.05) is 13.3 Å². The van der Waals surface area contributed by atoms with Gasteiger partial charge in [0.25, 0.3) is 5.91 Å². The van der Waals surface area contributed by atoms with Crippen LogP contribution in [0.25, 0.3) is 0 Å². The van der Waals surface area contributed by atoms with Gasteiger partial charge in [-0.25, -0.2) is 0 Å². The number of H-pyrrole nitrogens is 1. The molecule has 1 atom stereocenters. The lowest BCUT2D eigenvalue weighted by molar-refractivity contribution is 0.0908. The Morgan fingerprint density at radius 2 is 2.42 bits per heavy atom. The van der Waals surface area contributed by atoms with Crippen LogP contribution < -0.4 is 11.1 Å². The van der Waals surface area contributed by atoms with Crippen molar-refractivity contribution in [3.8, 4) is 0 Å². The van der Waals surface area contributed by atoms with Crippen molar-refractivity contribution in [1.82, 2.24) is 20.4 Å². The molecule has 0 saturated carbocycles. The fourth-order valence-electron chi connectivity index (χ4n) is 2.54. The molecule has 0 radical (unpaired) electrons. The second-order valence-corrected chi connectivity index (χ2v) is 5.29. The highest BCUT2D eigenvalue weighted by Crippen LogP contribution is 2.16. The van der Waals surface area contributed by atoms with Crippen LogP contribution in [-0.2, 0) is 6.42 Å². The Balaban J connectivity index is 1.99. The summed E-state index contributed by atoms with van der Waals surface area (Å²) in [5.41, 5.74) is 7.63. The summed E-state index contributed by atoms with van der Waals surface area (Å²) in [6.07, 6.45) is 3.92. The molecule has 1 fully saturated rings. The van der Waals surface area contributed by atoms with E-state index < -0.39 is 0 Å². The normalized spacial score (nSPS) is 20.4. The topological polar surface area (TPSA) is 87.0 Å². The molecule has 0 aliphatic carbocycles. The Morgan fingerprint density at radius 3 is 3.11 bits per heavy atom. The van der Waals surface area contributed by atoms with Crippen molar-refractivity contribution >= 4 is 11.6 Å². The number of amides is 1. The number of likely N-dealkylation sites (tertiary alicyclic amines) is 1. The predicted molar refractivity (Wildman–Crippen MR) is 75.0 cm³/mol. The molecule has 1 aromatic rings. The molecule has 2 rings (SSSR count). The van der Waals surface area contributed by atoms with Crippen LogP contribution in [0.15, 0.2) is 0 Å². The minimum Gasteiger partial charge on any atom is -0.395 e. The van der Waals surface area contributed by atoms with Crippen molar-refractivity contribution in [2.45, 2.75) is 38.6 Å². The number of nitrogens with two attached hydrogens (primary N) is 1. The molecule has 19 heavy (non-hydrogen) atoms. The summed E-state index contributed by atoms with van der Waals surface area (Å²) in [5, 5.41) is 9.92. The minimum absolute atomic E-state index is 0.170. The van der Waals surface area contributed by atoms with Crippen LogP contribution in [0, 0.1) is 0 Å². The second-order valence-electron chi connectivity index (χ2n) is 5.29. The molecule has 1 unspecified atom stereocenters. The molecule has 4 N–H and O–H groups in total. The van der Waals surface area contributed by atoms with E-state index in [-0.39, 0.29) is 11.9 Å². The number of aryl methyl sites for hydroxylation is 1. The molecule has 2 heterocycles. The van der Waals surface area contributed by atoms with Crippen molar-refractivity contribution in [2.75, 3.05) is 25.9 Å². The summed E-state index contributed by atoms with van der Waals surface area (Å²) in [7, 11) is 2.07. The summed E-state index contributed by atoms with van der Waals surface area (Å²) in [5.74, 6) is -0.170. The monoisotopic (exact) mass is 265 g/mol. The second kappa shape index (κ2) is 6.06. The van der Waals surface area contributed by atoms with Gasteiger partial charge in [-0.2, -0.15) is 5.10 Å². The average molecular weight is 265 g/mol. The first-order chi connectivity index (χ1) is 9.11. The molecule has 1 amide bonds. The van der Waals surface area contributed by atoms with E-state index in [0.29, 0.717) is 11.4 Å². The number of rotatable bonds is 4. The highest BCUT2D eigenvalue weighted by Gasteiger charge is 2.22. The lowest BCUT2D eigenvalue weighted by Gasteiger charge is -2.29. The fraction of sp³-hybridized carbons (Fsp3) is 0.692. The van der Waals surface area contributed by atoms with E-state index in [1.807, 2.05) is 0 Å². The Kier molecular flexibility index (Phi) is 4.42. The fourth-order valence-corrected chi connectivity index (χ4v) is 2.54. The van der Waals surface area contributed by atoms with Gasteiger partial charge >= 0.3 is 0 Å². The number of nitrogen functional groups attached to an aromatic ring is 1. The van der Waals surface area contributed by atoms with Gasteiger partial charge in [0.15, 0.2) is 5.69 Å². The highest BCUT2D eigenvalue weighted by atomic mass is 16.2. The largest absolute Gasteiger partial charge is 0.395 e. The molecule has 1 aromatic heterocycles. The molecule has 1 aliphatic rings. The third kappa shape index (κ3) is 3.26. The number of carbonyl (C=O) groups excluding carboxylic acids is 1. The van der Waals surface area contributed by atoms with Gasteiger partial charge in [0.2, 0.25) is 0 Å². The lowest BCUT2D eigenvalue weighted by Crippen LogP contribution is -2.46. The van der Waals surface area contributed by atoms with Crippen LogP contribution in [0.5, 0.6) is 0 Å². The number of nitrogens with zero attached hydrogens (tertiary/aromatic N) is 2. The average Bonchev–Trinajstić information content (AvgIpc) is 2.72. The van der Waals surface area contributed by atoms with Gasteiger partial charge in [-0.05, 0) is 32.9 Å². The number of anilines is 1. The number of aromatic amines is 1. The quantitative estimate of drug-likeness (QED) is 0.750. The van der Waals surface area contributed by atoms with E-state index in [4.69, 9.17) is 5.73 Å². The third-order valence-corrected chi connectivity index (χ3v) is 3.56. The van der Waals surface area contributed by atoms with E-state index in [0.717, 1.165) is 44.5 Å². The van der Waals surface area contributed by atoms with E-state index in [1.54, 1.807) is 0 Å². The van der Waals surface area contributed by atoms with E-state index in [9.17, 15) is 4.79 Å². The van der Waals surface area contributed by atoms with E-state index in [1.165, 1.54) is 0 Å². The van der Waals surface area contributed by atoms with Crippen molar-refractivity contribution in [1.29, 1.82) is 0 Å². The van der Waals surface area contributed by atoms with Crippen LogP contribution >= 0.6 is 0 Å². The smallest absolute Gasteiger partial charge is 0.274 e. The molecular weight excluding hydrogens is 242 g/mol. The molecule has 0 spiro atoms. The summed E-state index contributed by atoms with van der Waals surface area (Å²) in [6.45, 7) is 4.05. The Morgan fingerprint density at radius 1 is 1.63 bits per heavy atom. The van der Waals surface area contributed by atoms with Gasteiger partial charge in [-0.3, -0.25) is 9.89 Å². The molecule has 0 bridgehead atoms. The van der Waals surface area contributed by atoms with Crippen LogP contribution in [0.2, 0.25) is 0 Å². The summed E-state index contributed by atoms with van der Waals surface area (Å²) in [4.78, 5) is 14.4. The van der Waals surface area contributed by atoms with Gasteiger partial charge in [0, 0.05) is 12.6 Å². The molecule has 0 aromatic carbocycles. The zero-order valence-corrected chi connectivity index (χ0v) is 11.7. The Bertz CT molecular complexity index is 442. The van der Waals surface area contributed by atoms with Gasteiger partial charge in [0.1, 0.15) is 0 Å². The number of piperidine rings is 1. The zero-order chi connectivity index (χ0) is 13.8. The maximum absolute atomic E-state index is 12.2. The van der Waals surface area contributed by atoms with Gasteiger partial charge in [0.05, 0.1) is 11.4 Å². The summed E-state index contributed by atoms with van der Waals surface area (Å²) >= 11 is 0. The van der Waals surface area contributed by atoms with Crippen molar-refractivity contribution in [3.05, 3.63) is 11.4 Å². The van der Waals surface area contributed by atoms with Crippen LogP contribution in [0.3, 0.4) is 0 Å². The predicted octanol–water partition coefficient (Wildman–Crippen LogP) is 0.768. The molecule has 6 nitrogen and oxygen atoms in total. The summed E-state index contributed by atoms with van der Waals surface area (Å²) < 4.78 is 0. The van der Waals surface area contributed by atoms with Gasteiger partial charge in [-0.15, -0.1) is 0 Å². The van der Waals surface area contributed by atoms with E-state index >= 15 is 0 Å². The van der Waals surface area contributed by atoms with E-state index in [2.05, 4.69) is 34.4 Å². The first-order valence-electron chi connectivity index (χ1n) is 6.94. The Labute approximate surface area is 113 Å². The van der Waals surface area contributed by atoms with Crippen LogP contribution in [0.1, 0.15) is 42.4 Å². The van der Waals surface area contributed by atoms with Crippen molar-refractivity contribution in [3.63, 3.8) is 0 Å². The zero-order valence-electron chi connectivity index (χ0n) is 11.7. The maximum Gasteiger partial charge on any atom is 0.274 e. The minimum atomic E-state index is -0.170. The SMILES string of the molecule is CCCc1[nH]nc(C(=O)NC2CCCN(C)C2)c1N. The third-order valence-electron chi connectivity index (χ3n) is 3.56. The standard InChI is InChI=1S/C13H23N5O/c1-3-5-10-11(14)12(17-16-10)13(19)15-9-6-4-7-18(2)8-9/h9H,3-8,14H2,1-2H3,(H,15,19)(H,16,17). The van der Waals surface area contributed by atoms with Gasteiger partial charge < -0.3 is 16.0 Å². The number of aromatic nitrogens is 2.